The Balaban J connectivity index is 2.31. The number of halogens is 1. The summed E-state index contributed by atoms with van der Waals surface area (Å²) < 4.78 is 28.1. The fourth-order valence-electron chi connectivity index (χ4n) is 2.69. The van der Waals surface area contributed by atoms with Gasteiger partial charge >= 0.3 is 11.9 Å². The standard InChI is InChI=1S/C20H20FNO7/c1-27-16-8-14(20(26)29-3)15(10-17(16)28-2)22-18(23)9-13(19(24)25)11-4-6-12(21)7-5-11/h4-8,10,13H,9H2,1-3H3,(H,22,23)(H,24,25)/t13-/m0/s1. The number of rotatable bonds is 8. The molecular formula is C20H20FNO7. The Morgan fingerprint density at radius 1 is 1.03 bits per heavy atom. The van der Waals surface area contributed by atoms with Crippen LogP contribution in [0.2, 0.25) is 0 Å². The lowest BCUT2D eigenvalue weighted by atomic mass is 9.95. The summed E-state index contributed by atoms with van der Waals surface area (Å²) in [5, 5.41) is 12.0. The lowest BCUT2D eigenvalue weighted by Gasteiger charge is -2.16. The predicted octanol–water partition coefficient (Wildman–Crippen LogP) is 2.83. The Kier molecular flexibility index (Phi) is 7.13. The molecule has 0 aromatic heterocycles. The maximum atomic E-state index is 13.1. The Labute approximate surface area is 166 Å². The molecule has 1 amide bonds. The van der Waals surface area contributed by atoms with E-state index in [0.29, 0.717) is 0 Å². The Morgan fingerprint density at radius 2 is 1.62 bits per heavy atom. The number of carboxylic acid groups (broad SMARTS) is 1. The Hall–Kier alpha value is -3.62. The molecule has 0 bridgehead atoms. The summed E-state index contributed by atoms with van der Waals surface area (Å²) in [5.41, 5.74) is 0.351. The highest BCUT2D eigenvalue weighted by atomic mass is 19.1. The van der Waals surface area contributed by atoms with Gasteiger partial charge in [-0.1, -0.05) is 12.1 Å². The maximum absolute atomic E-state index is 13.1. The van der Waals surface area contributed by atoms with Gasteiger partial charge in [0.2, 0.25) is 5.91 Å². The van der Waals surface area contributed by atoms with E-state index in [0.717, 1.165) is 12.1 Å². The Bertz CT molecular complexity index is 912. The fraction of sp³-hybridized carbons (Fsp3) is 0.250. The summed E-state index contributed by atoms with van der Waals surface area (Å²) in [6, 6.07) is 7.56. The zero-order chi connectivity index (χ0) is 21.6. The highest BCUT2D eigenvalue weighted by Gasteiger charge is 2.25. The number of amides is 1. The number of nitrogens with one attached hydrogen (secondary N) is 1. The van der Waals surface area contributed by atoms with Crippen molar-refractivity contribution in [2.75, 3.05) is 26.6 Å². The number of carboxylic acids is 1. The van der Waals surface area contributed by atoms with E-state index in [1.165, 1.54) is 45.6 Å². The molecule has 2 rings (SSSR count). The second-order valence-electron chi connectivity index (χ2n) is 5.94. The summed E-state index contributed by atoms with van der Waals surface area (Å²) in [4.78, 5) is 36.2. The third kappa shape index (κ3) is 5.22. The quantitative estimate of drug-likeness (QED) is 0.650. The molecule has 2 aromatic carbocycles. The zero-order valence-corrected chi connectivity index (χ0v) is 16.0. The third-order valence-electron chi connectivity index (χ3n) is 4.16. The molecule has 1 atom stereocenters. The number of esters is 1. The number of aliphatic carboxylic acids is 1. The molecule has 0 saturated heterocycles. The normalized spacial score (nSPS) is 11.3. The van der Waals surface area contributed by atoms with Gasteiger partial charge in [0.1, 0.15) is 5.82 Å². The van der Waals surface area contributed by atoms with Crippen LogP contribution in [0.25, 0.3) is 0 Å². The van der Waals surface area contributed by atoms with Gasteiger partial charge in [-0.05, 0) is 17.7 Å². The summed E-state index contributed by atoms with van der Waals surface area (Å²) >= 11 is 0. The first-order valence-corrected chi connectivity index (χ1v) is 8.43. The molecule has 0 saturated carbocycles. The largest absolute Gasteiger partial charge is 0.493 e. The molecule has 0 heterocycles. The van der Waals surface area contributed by atoms with Gasteiger partial charge in [0.15, 0.2) is 11.5 Å². The minimum absolute atomic E-state index is 0.00663. The van der Waals surface area contributed by atoms with Crippen molar-refractivity contribution >= 4 is 23.5 Å². The van der Waals surface area contributed by atoms with Crippen molar-refractivity contribution in [1.29, 1.82) is 0 Å². The van der Waals surface area contributed by atoms with E-state index in [1.807, 2.05) is 0 Å². The average molecular weight is 405 g/mol. The topological polar surface area (TPSA) is 111 Å². The third-order valence-corrected chi connectivity index (χ3v) is 4.16. The summed E-state index contributed by atoms with van der Waals surface area (Å²) in [6.07, 6.45) is -0.435. The molecule has 8 nitrogen and oxygen atoms in total. The molecule has 2 N–H and O–H groups in total. The van der Waals surface area contributed by atoms with Crippen LogP contribution in [-0.2, 0) is 14.3 Å². The molecule has 2 aromatic rings. The van der Waals surface area contributed by atoms with Crippen molar-refractivity contribution in [3.8, 4) is 11.5 Å². The van der Waals surface area contributed by atoms with Gasteiger partial charge in [-0.15, -0.1) is 0 Å². The van der Waals surface area contributed by atoms with Crippen molar-refractivity contribution in [1.82, 2.24) is 0 Å². The zero-order valence-electron chi connectivity index (χ0n) is 16.0. The maximum Gasteiger partial charge on any atom is 0.340 e. The molecule has 154 valence electrons. The molecule has 29 heavy (non-hydrogen) atoms. The van der Waals surface area contributed by atoms with E-state index < -0.39 is 36.0 Å². The number of carbonyl (C=O) groups excluding carboxylic acids is 2. The SMILES string of the molecule is COC(=O)c1cc(OC)c(OC)cc1NC(=O)C[C@H](C(=O)O)c1ccc(F)cc1. The van der Waals surface area contributed by atoms with E-state index in [2.05, 4.69) is 5.32 Å². The second kappa shape index (κ2) is 9.54. The molecule has 0 aliphatic rings. The highest BCUT2D eigenvalue weighted by molar-refractivity contribution is 6.03. The number of benzene rings is 2. The van der Waals surface area contributed by atoms with Crippen LogP contribution in [0, 0.1) is 5.82 Å². The molecule has 0 aliphatic heterocycles. The van der Waals surface area contributed by atoms with Gasteiger partial charge in [-0.3, -0.25) is 9.59 Å². The highest BCUT2D eigenvalue weighted by Crippen LogP contribution is 2.34. The van der Waals surface area contributed by atoms with Crippen LogP contribution in [0.3, 0.4) is 0 Å². The van der Waals surface area contributed by atoms with E-state index in [9.17, 15) is 23.9 Å². The number of ether oxygens (including phenoxy) is 3. The van der Waals surface area contributed by atoms with Gasteiger partial charge in [0.05, 0.1) is 38.5 Å². The minimum Gasteiger partial charge on any atom is -0.493 e. The number of hydrogen-bond donors (Lipinski definition) is 2. The van der Waals surface area contributed by atoms with E-state index in [4.69, 9.17) is 14.2 Å². The number of methoxy groups -OCH3 is 3. The first-order chi connectivity index (χ1) is 13.8. The van der Waals surface area contributed by atoms with Crippen LogP contribution >= 0.6 is 0 Å². The predicted molar refractivity (Wildman–Crippen MR) is 101 cm³/mol. The van der Waals surface area contributed by atoms with Crippen LogP contribution in [0.5, 0.6) is 11.5 Å². The van der Waals surface area contributed by atoms with Gasteiger partial charge in [-0.25, -0.2) is 9.18 Å². The van der Waals surface area contributed by atoms with Crippen molar-refractivity contribution in [2.45, 2.75) is 12.3 Å². The van der Waals surface area contributed by atoms with Crippen LogP contribution in [-0.4, -0.2) is 44.3 Å². The Morgan fingerprint density at radius 3 is 2.14 bits per heavy atom. The van der Waals surface area contributed by atoms with Crippen molar-refractivity contribution in [3.63, 3.8) is 0 Å². The van der Waals surface area contributed by atoms with Gasteiger partial charge < -0.3 is 24.6 Å². The van der Waals surface area contributed by atoms with E-state index >= 15 is 0 Å². The van der Waals surface area contributed by atoms with Crippen LogP contribution in [0.15, 0.2) is 36.4 Å². The molecule has 0 aliphatic carbocycles. The number of carbonyl (C=O) groups is 3. The second-order valence-corrected chi connectivity index (χ2v) is 5.94. The molecule has 0 unspecified atom stereocenters. The van der Waals surface area contributed by atoms with Crippen molar-refractivity contribution in [2.24, 2.45) is 0 Å². The fourth-order valence-corrected chi connectivity index (χ4v) is 2.69. The smallest absolute Gasteiger partial charge is 0.340 e. The summed E-state index contributed by atoms with van der Waals surface area (Å²) in [7, 11) is 3.95. The molecule has 0 fully saturated rings. The van der Waals surface area contributed by atoms with Gasteiger partial charge in [-0.2, -0.15) is 0 Å². The van der Waals surface area contributed by atoms with Crippen molar-refractivity contribution < 1.29 is 38.1 Å². The minimum atomic E-state index is -1.24. The van der Waals surface area contributed by atoms with E-state index in [1.54, 1.807) is 0 Å². The lowest BCUT2D eigenvalue weighted by molar-refractivity contribution is -0.140. The van der Waals surface area contributed by atoms with Gasteiger partial charge in [0.25, 0.3) is 0 Å². The van der Waals surface area contributed by atoms with Crippen molar-refractivity contribution in [3.05, 3.63) is 53.3 Å². The summed E-state index contributed by atoms with van der Waals surface area (Å²) in [5.74, 6) is -3.85. The average Bonchev–Trinajstić information content (AvgIpc) is 2.71. The molecule has 9 heteroatoms. The first-order valence-electron chi connectivity index (χ1n) is 8.43. The monoisotopic (exact) mass is 405 g/mol. The van der Waals surface area contributed by atoms with Crippen LogP contribution < -0.4 is 14.8 Å². The number of anilines is 1. The first kappa shape index (κ1) is 21.7. The van der Waals surface area contributed by atoms with Crippen LogP contribution in [0.4, 0.5) is 10.1 Å². The molecular weight excluding hydrogens is 385 g/mol. The van der Waals surface area contributed by atoms with Gasteiger partial charge in [0, 0.05) is 18.6 Å². The number of hydrogen-bond acceptors (Lipinski definition) is 6. The summed E-state index contributed by atoms with van der Waals surface area (Å²) in [6.45, 7) is 0. The lowest BCUT2D eigenvalue weighted by Crippen LogP contribution is -2.22. The molecule has 0 radical (unpaired) electrons. The van der Waals surface area contributed by atoms with Crippen LogP contribution in [0.1, 0.15) is 28.3 Å². The molecule has 0 spiro atoms. The van der Waals surface area contributed by atoms with E-state index in [-0.39, 0.29) is 28.3 Å².